The highest BCUT2D eigenvalue weighted by molar-refractivity contribution is 8.07. The zero-order chi connectivity index (χ0) is 41.2. The van der Waals surface area contributed by atoms with Crippen molar-refractivity contribution in [2.75, 3.05) is 47.1 Å². The lowest BCUT2D eigenvalue weighted by molar-refractivity contribution is -0.0642. The third kappa shape index (κ3) is 11.1. The Bertz CT molecular complexity index is 1960. The molecule has 23 heteroatoms. The molecule has 0 bridgehead atoms. The van der Waals surface area contributed by atoms with Crippen molar-refractivity contribution in [2.45, 2.75) is 95.8 Å². The van der Waals surface area contributed by atoms with Gasteiger partial charge in [0.15, 0.2) is 12.5 Å². The number of aromatic amines is 2. The maximum atomic E-state index is 13.0. The molecule has 0 aliphatic carbocycles. The molecular weight excluding hydrogens is 784 g/mol. The maximum Gasteiger partial charge on any atom is 0.330 e. The van der Waals surface area contributed by atoms with Crippen molar-refractivity contribution in [2.24, 2.45) is 0 Å². The summed E-state index contributed by atoms with van der Waals surface area (Å²) < 4.78 is 67.9. The molecule has 304 valence electrons. The van der Waals surface area contributed by atoms with Crippen LogP contribution in [0.2, 0.25) is 0 Å². The SMILES string of the molecule is [2H]C[C@H]1O[C@@H](n2ccc(=O)[nH]c2=O)[C@@H](OC)C1OP(=S)(OCC[N+]#[C-])OC[C@H]1O[C@@H](n2ccc(=O)[nH]c2=O)[C@@H](OC)C1OP(OCC[N+]#[C-])N(C(C)C)C(C)C. The average Bonchev–Trinajstić information content (AvgIpc) is 3.66. The Morgan fingerprint density at radius 3 is 1.95 bits per heavy atom. The van der Waals surface area contributed by atoms with Gasteiger partial charge in [-0.05, 0) is 46.4 Å². The molecule has 2 aromatic rings. The molecule has 0 spiro atoms. The predicted molar refractivity (Wildman–Crippen MR) is 202 cm³/mol. The van der Waals surface area contributed by atoms with Gasteiger partial charge >= 0.3 is 18.1 Å². The van der Waals surface area contributed by atoms with Gasteiger partial charge in [0.05, 0.1) is 12.7 Å². The van der Waals surface area contributed by atoms with Crippen molar-refractivity contribution < 1.29 is 42.9 Å². The molecule has 55 heavy (non-hydrogen) atoms. The second-order valence-electron chi connectivity index (χ2n) is 12.7. The quantitative estimate of drug-likeness (QED) is 0.112. The second kappa shape index (κ2) is 20.4. The summed E-state index contributed by atoms with van der Waals surface area (Å²) in [6.45, 7) is 17.6. The van der Waals surface area contributed by atoms with Gasteiger partial charge in [-0.3, -0.25) is 33.2 Å². The molecule has 0 amide bonds. The number of methoxy groups -OCH3 is 2. The van der Waals surface area contributed by atoms with E-state index < -0.39 is 86.8 Å². The van der Waals surface area contributed by atoms with Crippen LogP contribution in [0, 0.1) is 13.1 Å². The Balaban J connectivity index is 1.71. The van der Waals surface area contributed by atoms with Crippen molar-refractivity contribution in [1.29, 1.82) is 0 Å². The molecule has 2 saturated heterocycles. The van der Waals surface area contributed by atoms with E-state index in [2.05, 4.69) is 19.7 Å². The van der Waals surface area contributed by atoms with Gasteiger partial charge in [0, 0.05) is 52.2 Å². The number of ether oxygens (including phenoxy) is 4. The van der Waals surface area contributed by atoms with Crippen LogP contribution in [0.3, 0.4) is 0 Å². The highest BCUT2D eigenvalue weighted by Crippen LogP contribution is 2.55. The number of hydrogen-bond acceptors (Lipinski definition) is 15. The Kier molecular flexibility index (Phi) is 16.0. The van der Waals surface area contributed by atoms with E-state index in [1.54, 1.807) is 0 Å². The summed E-state index contributed by atoms with van der Waals surface area (Å²) in [5.74, 6) is 0. The number of rotatable bonds is 20. The topological polar surface area (TPSA) is 205 Å². The fraction of sp³-hybridized carbons (Fsp3) is 0.688. The third-order valence-electron chi connectivity index (χ3n) is 8.33. The average molecular weight is 833 g/mol. The highest BCUT2D eigenvalue weighted by atomic mass is 32.5. The van der Waals surface area contributed by atoms with Crippen LogP contribution in [-0.4, -0.2) is 120 Å². The van der Waals surface area contributed by atoms with Gasteiger partial charge in [-0.1, -0.05) is 0 Å². The first-order chi connectivity index (χ1) is 26.7. The fourth-order valence-corrected chi connectivity index (χ4v) is 9.86. The van der Waals surface area contributed by atoms with E-state index in [0.29, 0.717) is 0 Å². The number of aromatic nitrogens is 4. The van der Waals surface area contributed by atoms with Crippen LogP contribution in [0.25, 0.3) is 9.69 Å². The minimum Gasteiger partial charge on any atom is -0.374 e. The Labute approximate surface area is 325 Å². The summed E-state index contributed by atoms with van der Waals surface area (Å²) in [7, 11) is 0.865. The first kappa shape index (κ1) is 43.1. The summed E-state index contributed by atoms with van der Waals surface area (Å²) in [5, 5.41) is 0. The summed E-state index contributed by atoms with van der Waals surface area (Å²) in [6.07, 6.45) is -6.07. The monoisotopic (exact) mass is 832 g/mol. The summed E-state index contributed by atoms with van der Waals surface area (Å²) in [4.78, 5) is 60.5. The van der Waals surface area contributed by atoms with Crippen LogP contribution < -0.4 is 22.5 Å². The molecule has 2 aromatic heterocycles. The predicted octanol–water partition coefficient (Wildman–Crippen LogP) is 2.16. The number of nitrogens with zero attached hydrogens (tertiary/aromatic N) is 5. The lowest BCUT2D eigenvalue weighted by Gasteiger charge is -2.38. The summed E-state index contributed by atoms with van der Waals surface area (Å²) in [5.41, 5.74) is -2.79. The normalized spacial score (nSPS) is 27.2. The van der Waals surface area contributed by atoms with Gasteiger partial charge in [-0.2, -0.15) is 0 Å². The molecule has 0 saturated carbocycles. The van der Waals surface area contributed by atoms with Crippen LogP contribution in [-0.2, 0) is 53.4 Å². The zero-order valence-corrected chi connectivity index (χ0v) is 33.8. The van der Waals surface area contributed by atoms with Crippen molar-refractivity contribution in [1.82, 2.24) is 23.8 Å². The van der Waals surface area contributed by atoms with E-state index in [1.807, 2.05) is 32.4 Å². The molecule has 20 nitrogen and oxygen atoms in total. The Morgan fingerprint density at radius 1 is 0.891 bits per heavy atom. The third-order valence-corrected chi connectivity index (χ3v) is 12.8. The van der Waals surface area contributed by atoms with Crippen LogP contribution in [0.15, 0.2) is 43.7 Å². The highest BCUT2D eigenvalue weighted by Gasteiger charge is 2.52. The van der Waals surface area contributed by atoms with Crippen LogP contribution in [0.4, 0.5) is 0 Å². The van der Waals surface area contributed by atoms with Gasteiger partial charge in [-0.25, -0.2) is 27.4 Å². The molecule has 0 radical (unpaired) electrons. The molecule has 0 aromatic carbocycles. The van der Waals surface area contributed by atoms with Crippen LogP contribution >= 0.6 is 15.2 Å². The standard InChI is InChI=1S/C32H47N7O13P2S/c1-19(2)39(20(3)4)53(46-16-12-33-6)51-26-22(50-30(28(26)45-9)38-15-11-24(41)36-32(38)43)18-48-54(55,47-17-13-34-7)52-25-21(5)49-29(27(25)44-8)37-14-10-23(40)35-31(37)42/h10-11,14-15,19-22,25-30H,12-13,16-18H2,1-5,8-9H3,(H,35,40,42)(H,36,41,43)/t21-,22-,25?,26?,27+,28+,29-,30-,53?,54?/m1/s1/i5D. The largest absolute Gasteiger partial charge is 0.374 e. The van der Waals surface area contributed by atoms with Crippen molar-refractivity contribution in [3.05, 3.63) is 89.0 Å². The fourth-order valence-electron chi connectivity index (χ4n) is 6.01. The minimum absolute atomic E-state index is 0.0664. The molecule has 4 rings (SSSR count). The van der Waals surface area contributed by atoms with Gasteiger partial charge in [0.1, 0.15) is 43.7 Å². The number of nitrogens with one attached hydrogen (secondary N) is 2. The Morgan fingerprint density at radius 2 is 1.44 bits per heavy atom. The maximum absolute atomic E-state index is 13.0. The lowest BCUT2D eigenvalue weighted by atomic mass is 10.1. The zero-order valence-electron chi connectivity index (χ0n) is 32.2. The van der Waals surface area contributed by atoms with Crippen LogP contribution in [0.5, 0.6) is 0 Å². The number of hydrogen-bond donors (Lipinski definition) is 2. The summed E-state index contributed by atoms with van der Waals surface area (Å²) in [6, 6.07) is 2.15. The second-order valence-corrected chi connectivity index (χ2v) is 17.1. The molecule has 2 aliphatic heterocycles. The van der Waals surface area contributed by atoms with E-state index in [0.717, 1.165) is 21.3 Å². The van der Waals surface area contributed by atoms with Gasteiger partial charge in [-0.15, -0.1) is 0 Å². The lowest BCUT2D eigenvalue weighted by Crippen LogP contribution is -2.42. The molecule has 2 fully saturated rings. The van der Waals surface area contributed by atoms with E-state index >= 15 is 0 Å². The molecule has 4 heterocycles. The number of H-pyrrole nitrogens is 2. The van der Waals surface area contributed by atoms with E-state index in [1.165, 1.54) is 26.6 Å². The van der Waals surface area contributed by atoms with Gasteiger partial charge in [0.2, 0.25) is 13.1 Å². The first-order valence-corrected chi connectivity index (χ1v) is 20.8. The molecule has 4 unspecified atom stereocenters. The van der Waals surface area contributed by atoms with Crippen molar-refractivity contribution in [3.8, 4) is 0 Å². The van der Waals surface area contributed by atoms with Gasteiger partial charge < -0.3 is 46.7 Å². The van der Waals surface area contributed by atoms with Crippen LogP contribution in [0.1, 0.15) is 48.4 Å². The Hall–Kier alpha value is -2.98. The summed E-state index contributed by atoms with van der Waals surface area (Å²) >= 11 is 5.88. The molecular formula is C32H47N7O13P2S. The van der Waals surface area contributed by atoms with Crippen molar-refractivity contribution in [3.63, 3.8) is 0 Å². The molecule has 2 N–H and O–H groups in total. The van der Waals surface area contributed by atoms with E-state index in [9.17, 15) is 19.2 Å². The van der Waals surface area contributed by atoms with E-state index in [4.69, 9.17) is 67.9 Å². The minimum atomic E-state index is -3.92. The first-order valence-electron chi connectivity index (χ1n) is 17.8. The molecule has 2 aliphatic rings. The van der Waals surface area contributed by atoms with Gasteiger partial charge in [0.25, 0.3) is 19.6 Å². The molecule has 10 atom stereocenters. The smallest absolute Gasteiger partial charge is 0.330 e. The van der Waals surface area contributed by atoms with E-state index in [-0.39, 0.29) is 51.9 Å². The van der Waals surface area contributed by atoms with Crippen molar-refractivity contribution >= 4 is 27.1 Å².